The molecule has 1 saturated heterocycles. The van der Waals surface area contributed by atoms with E-state index >= 15 is 0 Å². The summed E-state index contributed by atoms with van der Waals surface area (Å²) in [4.78, 5) is 39.1. The number of likely N-dealkylation sites (tertiary alicyclic amines) is 1. The highest BCUT2D eigenvalue weighted by Gasteiger charge is 2.29. The van der Waals surface area contributed by atoms with Gasteiger partial charge in [-0.15, -0.1) is 0 Å². The Balaban J connectivity index is 1.23. The van der Waals surface area contributed by atoms with Crippen LogP contribution in [0.25, 0.3) is 0 Å². The number of nitrogens with zero attached hydrogens (tertiary/aromatic N) is 1. The van der Waals surface area contributed by atoms with E-state index in [0.29, 0.717) is 36.1 Å². The summed E-state index contributed by atoms with van der Waals surface area (Å²) in [6.07, 6.45) is 3.92. The average Bonchev–Trinajstić information content (AvgIpc) is 3.11. The van der Waals surface area contributed by atoms with Gasteiger partial charge in [0.05, 0.1) is 18.8 Å². The summed E-state index contributed by atoms with van der Waals surface area (Å²) in [5.74, 6) is 0.512. The number of amides is 2. The van der Waals surface area contributed by atoms with Crippen LogP contribution in [0.2, 0.25) is 0 Å². The fourth-order valence-corrected chi connectivity index (χ4v) is 4.47. The Hall–Kier alpha value is -3.75. The summed E-state index contributed by atoms with van der Waals surface area (Å²) >= 11 is 0. The van der Waals surface area contributed by atoms with E-state index in [-0.39, 0.29) is 30.2 Å². The van der Waals surface area contributed by atoms with Crippen LogP contribution in [-0.4, -0.2) is 61.2 Å². The van der Waals surface area contributed by atoms with Crippen molar-refractivity contribution in [2.24, 2.45) is 0 Å². The smallest absolute Gasteiger partial charge is 0.338 e. The number of carbonyl (C=O) groups excluding carboxylic acids is 3. The molecule has 9 nitrogen and oxygen atoms in total. The maximum Gasteiger partial charge on any atom is 0.338 e. The molecule has 36 heavy (non-hydrogen) atoms. The van der Waals surface area contributed by atoms with Crippen LogP contribution in [0.15, 0.2) is 42.5 Å². The van der Waals surface area contributed by atoms with Crippen LogP contribution in [0.5, 0.6) is 17.2 Å². The minimum Gasteiger partial charge on any atom is -0.490 e. The molecule has 2 amide bonds. The van der Waals surface area contributed by atoms with E-state index in [4.69, 9.17) is 18.9 Å². The van der Waals surface area contributed by atoms with Crippen molar-refractivity contribution in [2.75, 3.05) is 31.7 Å². The van der Waals surface area contributed by atoms with Gasteiger partial charge in [0.2, 0.25) is 0 Å². The van der Waals surface area contributed by atoms with Gasteiger partial charge >= 0.3 is 5.97 Å². The first-order chi connectivity index (χ1) is 17.4. The monoisotopic (exact) mass is 496 g/mol. The minimum absolute atomic E-state index is 0.0437. The lowest BCUT2D eigenvalue weighted by Gasteiger charge is -2.38. The van der Waals surface area contributed by atoms with Crippen molar-refractivity contribution < 1.29 is 33.3 Å². The van der Waals surface area contributed by atoms with E-state index in [0.717, 1.165) is 25.7 Å². The zero-order valence-electron chi connectivity index (χ0n) is 20.7. The SMILES string of the molecule is CC1CCCC(C)N1C(=O)COc1ccc(C(=O)OCC(=O)Nc2ccc3c(c2)OCCCO3)cc1. The van der Waals surface area contributed by atoms with E-state index in [1.54, 1.807) is 30.3 Å². The first kappa shape index (κ1) is 25.3. The third-order valence-electron chi connectivity index (χ3n) is 6.30. The molecule has 1 fully saturated rings. The molecule has 0 radical (unpaired) electrons. The standard InChI is InChI=1S/C27H32N2O7/c1-18-5-3-6-19(2)29(18)26(31)17-35-22-10-7-20(8-11-22)27(32)36-16-25(30)28-21-9-12-23-24(15-21)34-14-4-13-33-23/h7-12,15,18-19H,3-6,13-14,16-17H2,1-2H3,(H,28,30). The van der Waals surface area contributed by atoms with Crippen LogP contribution >= 0.6 is 0 Å². The van der Waals surface area contributed by atoms with Crippen molar-refractivity contribution in [1.29, 1.82) is 0 Å². The molecule has 2 aromatic rings. The highest BCUT2D eigenvalue weighted by Crippen LogP contribution is 2.32. The predicted molar refractivity (Wildman–Crippen MR) is 133 cm³/mol. The predicted octanol–water partition coefficient (Wildman–Crippen LogP) is 3.81. The Morgan fingerprint density at radius 3 is 2.33 bits per heavy atom. The molecule has 2 atom stereocenters. The molecule has 0 bridgehead atoms. The highest BCUT2D eigenvalue weighted by molar-refractivity contribution is 5.95. The molecular weight excluding hydrogens is 464 g/mol. The summed E-state index contributed by atoms with van der Waals surface area (Å²) < 4.78 is 22.0. The Bertz CT molecular complexity index is 1080. The van der Waals surface area contributed by atoms with Crippen molar-refractivity contribution in [1.82, 2.24) is 4.90 Å². The number of anilines is 1. The number of hydrogen-bond donors (Lipinski definition) is 1. The van der Waals surface area contributed by atoms with Crippen LogP contribution in [0, 0.1) is 0 Å². The van der Waals surface area contributed by atoms with Crippen LogP contribution in [-0.2, 0) is 14.3 Å². The largest absolute Gasteiger partial charge is 0.490 e. The van der Waals surface area contributed by atoms with Gasteiger partial charge in [0.1, 0.15) is 5.75 Å². The van der Waals surface area contributed by atoms with Gasteiger partial charge in [0.25, 0.3) is 11.8 Å². The number of nitrogens with one attached hydrogen (secondary N) is 1. The van der Waals surface area contributed by atoms with Crippen LogP contribution in [0.1, 0.15) is 49.9 Å². The normalized spacial score (nSPS) is 19.1. The molecule has 1 N–H and O–H groups in total. The van der Waals surface area contributed by atoms with Crippen LogP contribution in [0.4, 0.5) is 5.69 Å². The van der Waals surface area contributed by atoms with E-state index in [9.17, 15) is 14.4 Å². The number of ether oxygens (including phenoxy) is 4. The number of carbonyl (C=O) groups is 3. The summed E-state index contributed by atoms with van der Waals surface area (Å²) in [5, 5.41) is 2.68. The van der Waals surface area contributed by atoms with Gasteiger partial charge in [0.15, 0.2) is 24.7 Å². The van der Waals surface area contributed by atoms with Gasteiger partial charge < -0.3 is 29.2 Å². The van der Waals surface area contributed by atoms with Gasteiger partial charge in [-0.25, -0.2) is 4.79 Å². The molecule has 2 aliphatic heterocycles. The van der Waals surface area contributed by atoms with E-state index < -0.39 is 18.5 Å². The Kier molecular flexibility index (Phi) is 8.30. The topological polar surface area (TPSA) is 103 Å². The molecule has 0 saturated carbocycles. The summed E-state index contributed by atoms with van der Waals surface area (Å²) in [7, 11) is 0. The maximum absolute atomic E-state index is 12.6. The van der Waals surface area contributed by atoms with Crippen molar-refractivity contribution in [3.05, 3.63) is 48.0 Å². The van der Waals surface area contributed by atoms with Crippen molar-refractivity contribution >= 4 is 23.5 Å². The second-order valence-electron chi connectivity index (χ2n) is 9.08. The van der Waals surface area contributed by atoms with Crippen LogP contribution in [0.3, 0.4) is 0 Å². The Labute approximate surface area is 210 Å². The molecule has 0 aliphatic carbocycles. The maximum atomic E-state index is 12.6. The number of fused-ring (bicyclic) bond motifs is 1. The molecule has 0 aromatic heterocycles. The summed E-state index contributed by atoms with van der Waals surface area (Å²) in [5.41, 5.74) is 0.792. The number of benzene rings is 2. The third-order valence-corrected chi connectivity index (χ3v) is 6.30. The molecule has 4 rings (SSSR count). The fraction of sp³-hybridized carbons (Fsp3) is 0.444. The second-order valence-corrected chi connectivity index (χ2v) is 9.08. The van der Waals surface area contributed by atoms with Crippen molar-refractivity contribution in [2.45, 2.75) is 51.6 Å². The molecule has 2 unspecified atom stereocenters. The molecule has 9 heteroatoms. The zero-order chi connectivity index (χ0) is 25.5. The quantitative estimate of drug-likeness (QED) is 0.582. The van der Waals surface area contributed by atoms with Gasteiger partial charge in [0, 0.05) is 30.3 Å². The van der Waals surface area contributed by atoms with Gasteiger partial charge in [-0.3, -0.25) is 9.59 Å². The summed E-state index contributed by atoms with van der Waals surface area (Å²) in [6.45, 7) is 4.75. The Morgan fingerprint density at radius 1 is 0.917 bits per heavy atom. The van der Waals surface area contributed by atoms with Crippen LogP contribution < -0.4 is 19.5 Å². The lowest BCUT2D eigenvalue weighted by molar-refractivity contribution is -0.139. The average molecular weight is 497 g/mol. The second kappa shape index (κ2) is 11.8. The Morgan fingerprint density at radius 2 is 1.61 bits per heavy atom. The minimum atomic E-state index is -0.637. The lowest BCUT2D eigenvalue weighted by Crippen LogP contribution is -2.49. The van der Waals surface area contributed by atoms with Gasteiger partial charge in [-0.2, -0.15) is 0 Å². The number of rotatable bonds is 7. The molecule has 0 spiro atoms. The molecular formula is C27H32N2O7. The van der Waals surface area contributed by atoms with Crippen molar-refractivity contribution in [3.63, 3.8) is 0 Å². The van der Waals surface area contributed by atoms with E-state index in [2.05, 4.69) is 19.2 Å². The van der Waals surface area contributed by atoms with Gasteiger partial charge in [-0.05, 0) is 69.5 Å². The number of piperidine rings is 1. The van der Waals surface area contributed by atoms with Crippen molar-refractivity contribution in [3.8, 4) is 17.2 Å². The van der Waals surface area contributed by atoms with E-state index in [1.165, 1.54) is 12.1 Å². The van der Waals surface area contributed by atoms with E-state index in [1.807, 2.05) is 4.90 Å². The first-order valence-corrected chi connectivity index (χ1v) is 12.3. The molecule has 192 valence electrons. The molecule has 2 aliphatic rings. The molecule has 2 aromatic carbocycles. The third kappa shape index (κ3) is 6.47. The number of esters is 1. The molecule has 2 heterocycles. The zero-order valence-corrected chi connectivity index (χ0v) is 20.7. The highest BCUT2D eigenvalue weighted by atomic mass is 16.5. The lowest BCUT2D eigenvalue weighted by atomic mass is 9.97. The number of hydrogen-bond acceptors (Lipinski definition) is 7. The van der Waals surface area contributed by atoms with Gasteiger partial charge in [-0.1, -0.05) is 0 Å². The fourth-order valence-electron chi connectivity index (χ4n) is 4.47. The first-order valence-electron chi connectivity index (χ1n) is 12.3. The summed E-state index contributed by atoms with van der Waals surface area (Å²) in [6, 6.07) is 11.8.